The Morgan fingerprint density at radius 1 is 1.03 bits per heavy atom. The molecule has 0 unspecified atom stereocenters. The Labute approximate surface area is 187 Å². The molecule has 32 heavy (non-hydrogen) atoms. The number of aromatic nitrogens is 2. The van der Waals surface area contributed by atoms with Gasteiger partial charge in [-0.1, -0.05) is 48.5 Å². The fourth-order valence-corrected chi connectivity index (χ4v) is 4.49. The Hall–Kier alpha value is -3.65. The van der Waals surface area contributed by atoms with E-state index in [0.29, 0.717) is 12.2 Å². The molecule has 1 heterocycles. The first kappa shape index (κ1) is 21.6. The van der Waals surface area contributed by atoms with Crippen LogP contribution in [-0.4, -0.2) is 36.7 Å². The molecule has 0 bridgehead atoms. The number of hydrogen-bond donors (Lipinski definition) is 1. The first-order valence-electron chi connectivity index (χ1n) is 10.1. The van der Waals surface area contributed by atoms with Crippen LogP contribution in [0.2, 0.25) is 0 Å². The minimum absolute atomic E-state index is 0.293. The van der Waals surface area contributed by atoms with E-state index in [4.69, 9.17) is 0 Å². The highest BCUT2D eigenvalue weighted by Gasteiger charge is 2.22. The Kier molecular flexibility index (Phi) is 5.96. The molecule has 8 heteroatoms. The van der Waals surface area contributed by atoms with Gasteiger partial charge in [-0.25, -0.2) is 13.4 Å². The zero-order chi connectivity index (χ0) is 22.7. The number of fused-ring (bicyclic) bond motifs is 1. The number of amides is 1. The number of anilines is 1. The van der Waals surface area contributed by atoms with Gasteiger partial charge in [0.25, 0.3) is 0 Å². The molecule has 1 aromatic heterocycles. The molecule has 0 aliphatic heterocycles. The van der Waals surface area contributed by atoms with E-state index in [9.17, 15) is 13.2 Å². The summed E-state index contributed by atoms with van der Waals surface area (Å²) in [6.07, 6.45) is 4.74. The second kappa shape index (κ2) is 8.84. The number of rotatable bonds is 7. The van der Waals surface area contributed by atoms with Gasteiger partial charge in [0.2, 0.25) is 15.9 Å². The average Bonchev–Trinajstić information content (AvgIpc) is 3.21. The van der Waals surface area contributed by atoms with Crippen molar-refractivity contribution in [2.45, 2.75) is 13.5 Å². The summed E-state index contributed by atoms with van der Waals surface area (Å²) in [7, 11) is -3.66. The lowest BCUT2D eigenvalue weighted by molar-refractivity contribution is -0.119. The van der Waals surface area contributed by atoms with E-state index in [-0.39, 0.29) is 12.5 Å². The summed E-state index contributed by atoms with van der Waals surface area (Å²) in [4.78, 5) is 16.9. The van der Waals surface area contributed by atoms with Crippen molar-refractivity contribution in [3.8, 4) is 5.69 Å². The number of carbonyl (C=O) groups is 1. The van der Waals surface area contributed by atoms with Gasteiger partial charge in [-0.2, -0.15) is 0 Å². The molecule has 1 N–H and O–H groups in total. The van der Waals surface area contributed by atoms with Crippen molar-refractivity contribution < 1.29 is 13.2 Å². The van der Waals surface area contributed by atoms with Crippen molar-refractivity contribution in [3.63, 3.8) is 0 Å². The Bertz CT molecular complexity index is 1360. The first-order chi connectivity index (χ1) is 15.3. The van der Waals surface area contributed by atoms with Crippen molar-refractivity contribution in [1.82, 2.24) is 14.9 Å². The molecule has 0 fully saturated rings. The van der Waals surface area contributed by atoms with Crippen molar-refractivity contribution in [1.29, 1.82) is 0 Å². The summed E-state index contributed by atoms with van der Waals surface area (Å²) >= 11 is 0. The van der Waals surface area contributed by atoms with Crippen LogP contribution >= 0.6 is 0 Å². The number of nitrogens with zero attached hydrogens (tertiary/aromatic N) is 3. The lowest BCUT2D eigenvalue weighted by Gasteiger charge is -2.23. The van der Waals surface area contributed by atoms with E-state index < -0.39 is 10.0 Å². The highest BCUT2D eigenvalue weighted by molar-refractivity contribution is 7.92. The van der Waals surface area contributed by atoms with Gasteiger partial charge in [0.1, 0.15) is 12.4 Å². The maximum atomic E-state index is 12.7. The third kappa shape index (κ3) is 4.65. The monoisotopic (exact) mass is 448 g/mol. The second-order valence-electron chi connectivity index (χ2n) is 7.56. The molecular formula is C24H24N4O3S. The van der Waals surface area contributed by atoms with Crippen LogP contribution in [0.5, 0.6) is 0 Å². The molecule has 0 aliphatic rings. The molecule has 3 aromatic carbocycles. The van der Waals surface area contributed by atoms with Crippen molar-refractivity contribution in [2.75, 3.05) is 17.1 Å². The molecule has 4 aromatic rings. The SMILES string of the molecule is Cc1nccn1-c1ccc(CNC(=O)CN(c2cccc3ccccc23)S(C)(=O)=O)cc1. The minimum Gasteiger partial charge on any atom is -0.350 e. The first-order valence-corrected chi connectivity index (χ1v) is 12.0. The van der Waals surface area contributed by atoms with Crippen molar-refractivity contribution >= 4 is 32.4 Å². The topological polar surface area (TPSA) is 84.3 Å². The number of hydrogen-bond acceptors (Lipinski definition) is 4. The molecule has 0 atom stereocenters. The zero-order valence-corrected chi connectivity index (χ0v) is 18.7. The fraction of sp³-hybridized carbons (Fsp3) is 0.167. The summed E-state index contributed by atoms with van der Waals surface area (Å²) in [5.41, 5.74) is 2.38. The zero-order valence-electron chi connectivity index (χ0n) is 17.9. The van der Waals surface area contributed by atoms with Gasteiger partial charge in [0, 0.05) is 30.0 Å². The van der Waals surface area contributed by atoms with Crippen molar-refractivity contribution in [3.05, 3.63) is 90.5 Å². The van der Waals surface area contributed by atoms with E-state index in [1.165, 1.54) is 0 Å². The second-order valence-corrected chi connectivity index (χ2v) is 9.46. The van der Waals surface area contributed by atoms with Crippen LogP contribution < -0.4 is 9.62 Å². The predicted molar refractivity (Wildman–Crippen MR) is 126 cm³/mol. The standard InChI is InChI=1S/C24H24N4O3S/c1-18-25-14-15-27(18)21-12-10-19(11-13-21)16-26-24(29)17-28(32(2,30)31)23-9-5-7-20-6-3-4-8-22(20)23/h3-15H,16-17H2,1-2H3,(H,26,29). The smallest absolute Gasteiger partial charge is 0.241 e. The third-order valence-corrected chi connectivity index (χ3v) is 6.38. The van der Waals surface area contributed by atoms with Crippen LogP contribution in [0.1, 0.15) is 11.4 Å². The Morgan fingerprint density at radius 3 is 2.44 bits per heavy atom. The van der Waals surface area contributed by atoms with E-state index in [1.54, 1.807) is 18.3 Å². The molecule has 0 saturated heterocycles. The van der Waals surface area contributed by atoms with E-state index in [0.717, 1.165) is 38.4 Å². The third-order valence-electron chi connectivity index (χ3n) is 5.25. The summed E-state index contributed by atoms with van der Waals surface area (Å²) in [5, 5.41) is 4.51. The molecule has 0 radical (unpaired) electrons. The highest BCUT2D eigenvalue weighted by Crippen LogP contribution is 2.28. The fourth-order valence-electron chi connectivity index (χ4n) is 3.62. The van der Waals surface area contributed by atoms with E-state index in [1.807, 2.05) is 72.3 Å². The number of benzene rings is 3. The van der Waals surface area contributed by atoms with Crippen molar-refractivity contribution in [2.24, 2.45) is 0 Å². The van der Waals surface area contributed by atoms with Crippen LogP contribution in [-0.2, 0) is 21.4 Å². The molecule has 0 aliphatic carbocycles. The summed E-state index contributed by atoms with van der Waals surface area (Å²) in [6.45, 7) is 1.94. The summed E-state index contributed by atoms with van der Waals surface area (Å²) in [6, 6.07) is 20.7. The van der Waals surface area contributed by atoms with Gasteiger partial charge >= 0.3 is 0 Å². The molecule has 0 spiro atoms. The van der Waals surface area contributed by atoms with E-state index in [2.05, 4.69) is 10.3 Å². The van der Waals surface area contributed by atoms with Crippen LogP contribution in [0.3, 0.4) is 0 Å². The summed E-state index contributed by atoms with van der Waals surface area (Å²) < 4.78 is 28.1. The number of carbonyl (C=O) groups excluding carboxylic acids is 1. The number of nitrogens with one attached hydrogen (secondary N) is 1. The molecule has 1 amide bonds. The Balaban J connectivity index is 1.47. The van der Waals surface area contributed by atoms with Gasteiger partial charge in [0.05, 0.1) is 11.9 Å². The van der Waals surface area contributed by atoms with E-state index >= 15 is 0 Å². The van der Waals surface area contributed by atoms with Crippen LogP contribution in [0, 0.1) is 6.92 Å². The number of aryl methyl sites for hydroxylation is 1. The lowest BCUT2D eigenvalue weighted by Crippen LogP contribution is -2.40. The molecule has 164 valence electrons. The molecule has 0 saturated carbocycles. The average molecular weight is 449 g/mol. The Morgan fingerprint density at radius 2 is 1.75 bits per heavy atom. The quantitative estimate of drug-likeness (QED) is 0.470. The van der Waals surface area contributed by atoms with Crippen LogP contribution in [0.25, 0.3) is 16.5 Å². The van der Waals surface area contributed by atoms with Crippen LogP contribution in [0.4, 0.5) is 5.69 Å². The largest absolute Gasteiger partial charge is 0.350 e. The van der Waals surface area contributed by atoms with Gasteiger partial charge in [-0.3, -0.25) is 9.10 Å². The number of imidazole rings is 1. The number of sulfonamides is 1. The minimum atomic E-state index is -3.66. The predicted octanol–water partition coefficient (Wildman–Crippen LogP) is 3.42. The normalized spacial score (nSPS) is 11.4. The lowest BCUT2D eigenvalue weighted by atomic mass is 10.1. The maximum Gasteiger partial charge on any atom is 0.241 e. The molecule has 7 nitrogen and oxygen atoms in total. The summed E-state index contributed by atoms with van der Waals surface area (Å²) in [5.74, 6) is 0.512. The highest BCUT2D eigenvalue weighted by atomic mass is 32.2. The maximum absolute atomic E-state index is 12.7. The molecular weight excluding hydrogens is 424 g/mol. The van der Waals surface area contributed by atoms with Gasteiger partial charge < -0.3 is 9.88 Å². The van der Waals surface area contributed by atoms with Gasteiger partial charge in [-0.15, -0.1) is 0 Å². The molecule has 4 rings (SSSR count). The van der Waals surface area contributed by atoms with Crippen LogP contribution in [0.15, 0.2) is 79.1 Å². The van der Waals surface area contributed by atoms with Gasteiger partial charge in [0.15, 0.2) is 0 Å². The van der Waals surface area contributed by atoms with Gasteiger partial charge in [-0.05, 0) is 36.1 Å².